The maximum absolute atomic E-state index is 12.0. The topological polar surface area (TPSA) is 67.5 Å². The van der Waals surface area contributed by atoms with Gasteiger partial charge < -0.3 is 9.52 Å². The molecule has 0 spiro atoms. The maximum Gasteiger partial charge on any atom is 0.344 e. The van der Waals surface area contributed by atoms with Crippen molar-refractivity contribution in [1.29, 1.82) is 0 Å². The fraction of sp³-hybridized carbons (Fsp3) is 0.125. The number of hydrogen-bond donors (Lipinski definition) is 1. The zero-order chi connectivity index (χ0) is 14.4. The van der Waals surface area contributed by atoms with Crippen LogP contribution in [0.3, 0.4) is 0 Å². The van der Waals surface area contributed by atoms with Crippen molar-refractivity contribution in [3.8, 4) is 5.75 Å². The van der Waals surface area contributed by atoms with E-state index in [-0.39, 0.29) is 17.1 Å². The Balaban J connectivity index is 2.63. The Morgan fingerprint density at radius 2 is 1.80 bits per heavy atom. The van der Waals surface area contributed by atoms with E-state index in [2.05, 4.69) is 0 Å². The highest BCUT2D eigenvalue weighted by molar-refractivity contribution is 6.10. The first-order valence-electron chi connectivity index (χ1n) is 6.19. The molecule has 0 atom stereocenters. The second-order valence-corrected chi connectivity index (χ2v) is 4.77. The van der Waals surface area contributed by atoms with Gasteiger partial charge in [-0.2, -0.15) is 0 Å². The van der Waals surface area contributed by atoms with E-state index in [1.165, 1.54) is 6.92 Å². The number of fused-ring (bicyclic) bond motifs is 3. The molecule has 2 aromatic carbocycles. The van der Waals surface area contributed by atoms with Crippen LogP contribution in [0.25, 0.3) is 21.7 Å². The maximum atomic E-state index is 12.0. The van der Waals surface area contributed by atoms with Crippen molar-refractivity contribution >= 4 is 27.5 Å². The summed E-state index contributed by atoms with van der Waals surface area (Å²) in [4.78, 5) is 23.6. The lowest BCUT2D eigenvalue weighted by atomic mass is 9.99. The van der Waals surface area contributed by atoms with E-state index in [1.807, 2.05) is 6.07 Å². The van der Waals surface area contributed by atoms with Crippen LogP contribution in [0, 0.1) is 6.92 Å². The van der Waals surface area contributed by atoms with Crippen molar-refractivity contribution in [1.82, 2.24) is 0 Å². The first kappa shape index (κ1) is 12.4. The van der Waals surface area contributed by atoms with Gasteiger partial charge in [-0.25, -0.2) is 4.79 Å². The SMILES string of the molecule is CC(=O)c1cc2c(oc(=O)c3ccccc32)c(C)c1O. The van der Waals surface area contributed by atoms with Crippen LogP contribution in [0.15, 0.2) is 39.5 Å². The van der Waals surface area contributed by atoms with Crippen molar-refractivity contribution in [2.45, 2.75) is 13.8 Å². The van der Waals surface area contributed by atoms with Gasteiger partial charge in [0.15, 0.2) is 5.78 Å². The lowest BCUT2D eigenvalue weighted by Gasteiger charge is -2.09. The average molecular weight is 268 g/mol. The van der Waals surface area contributed by atoms with Gasteiger partial charge in [0.2, 0.25) is 0 Å². The summed E-state index contributed by atoms with van der Waals surface area (Å²) in [5, 5.41) is 11.9. The van der Waals surface area contributed by atoms with Gasteiger partial charge in [0.1, 0.15) is 11.3 Å². The molecule has 0 aliphatic carbocycles. The van der Waals surface area contributed by atoms with Gasteiger partial charge in [-0.1, -0.05) is 18.2 Å². The molecule has 100 valence electrons. The average Bonchev–Trinajstić information content (AvgIpc) is 2.43. The first-order chi connectivity index (χ1) is 9.50. The monoisotopic (exact) mass is 268 g/mol. The number of aromatic hydroxyl groups is 1. The summed E-state index contributed by atoms with van der Waals surface area (Å²) < 4.78 is 5.29. The fourth-order valence-electron chi connectivity index (χ4n) is 2.43. The van der Waals surface area contributed by atoms with E-state index >= 15 is 0 Å². The molecule has 0 aliphatic heterocycles. The van der Waals surface area contributed by atoms with Gasteiger partial charge in [-0.3, -0.25) is 4.79 Å². The van der Waals surface area contributed by atoms with Crippen LogP contribution in [0.4, 0.5) is 0 Å². The molecule has 0 aliphatic rings. The Morgan fingerprint density at radius 1 is 1.15 bits per heavy atom. The highest BCUT2D eigenvalue weighted by Crippen LogP contribution is 2.33. The Bertz CT molecular complexity index is 919. The van der Waals surface area contributed by atoms with Crippen LogP contribution >= 0.6 is 0 Å². The number of aryl methyl sites for hydroxylation is 1. The van der Waals surface area contributed by atoms with Crippen LogP contribution in [-0.2, 0) is 0 Å². The zero-order valence-corrected chi connectivity index (χ0v) is 11.1. The molecule has 1 N–H and O–H groups in total. The highest BCUT2D eigenvalue weighted by atomic mass is 16.4. The van der Waals surface area contributed by atoms with Gasteiger partial charge in [-0.05, 0) is 31.4 Å². The molecule has 0 amide bonds. The summed E-state index contributed by atoms with van der Waals surface area (Å²) in [7, 11) is 0. The number of rotatable bonds is 1. The molecule has 0 radical (unpaired) electrons. The molecular formula is C16H12O4. The summed E-state index contributed by atoms with van der Waals surface area (Å²) >= 11 is 0. The Labute approximate surface area is 114 Å². The smallest absolute Gasteiger partial charge is 0.344 e. The number of Topliss-reactive ketones (excluding diaryl/α,β-unsaturated/α-hetero) is 1. The third kappa shape index (κ3) is 1.61. The minimum atomic E-state index is -0.453. The molecule has 0 bridgehead atoms. The predicted octanol–water partition coefficient (Wildman–Crippen LogP) is 3.16. The lowest BCUT2D eigenvalue weighted by Crippen LogP contribution is -2.02. The van der Waals surface area contributed by atoms with E-state index in [0.717, 1.165) is 0 Å². The summed E-state index contributed by atoms with van der Waals surface area (Å²) in [6.45, 7) is 3.02. The van der Waals surface area contributed by atoms with E-state index in [4.69, 9.17) is 4.42 Å². The standard InChI is InChI=1S/C16H12O4/c1-8-14(18)12(9(2)17)7-13-10-5-3-4-6-11(10)16(19)20-15(8)13/h3-7,18H,1-2H3. The molecule has 20 heavy (non-hydrogen) atoms. The van der Waals surface area contributed by atoms with E-state index < -0.39 is 5.63 Å². The van der Waals surface area contributed by atoms with Gasteiger partial charge in [0.25, 0.3) is 0 Å². The van der Waals surface area contributed by atoms with Crippen molar-refractivity contribution in [2.24, 2.45) is 0 Å². The number of benzene rings is 2. The van der Waals surface area contributed by atoms with E-state index in [9.17, 15) is 14.7 Å². The van der Waals surface area contributed by atoms with Gasteiger partial charge in [-0.15, -0.1) is 0 Å². The quantitative estimate of drug-likeness (QED) is 0.418. The number of carbonyl (C=O) groups excluding carboxylic acids is 1. The predicted molar refractivity (Wildman–Crippen MR) is 76.4 cm³/mol. The third-order valence-electron chi connectivity index (χ3n) is 3.50. The molecule has 3 aromatic rings. The van der Waals surface area contributed by atoms with E-state index in [0.29, 0.717) is 27.3 Å². The van der Waals surface area contributed by atoms with Crippen molar-refractivity contribution < 1.29 is 14.3 Å². The van der Waals surface area contributed by atoms with Crippen LogP contribution in [0.2, 0.25) is 0 Å². The molecule has 0 saturated carbocycles. The zero-order valence-electron chi connectivity index (χ0n) is 11.1. The fourth-order valence-corrected chi connectivity index (χ4v) is 2.43. The molecule has 0 unspecified atom stereocenters. The van der Waals surface area contributed by atoms with Crippen LogP contribution < -0.4 is 5.63 Å². The Morgan fingerprint density at radius 3 is 2.45 bits per heavy atom. The van der Waals surface area contributed by atoms with Gasteiger partial charge in [0, 0.05) is 10.9 Å². The number of phenolic OH excluding ortho intramolecular Hbond substituents is 1. The molecular weight excluding hydrogens is 256 g/mol. The van der Waals surface area contributed by atoms with Crippen LogP contribution in [-0.4, -0.2) is 10.9 Å². The third-order valence-corrected chi connectivity index (χ3v) is 3.50. The van der Waals surface area contributed by atoms with Gasteiger partial charge in [0.05, 0.1) is 10.9 Å². The normalized spacial score (nSPS) is 11.1. The molecule has 3 rings (SSSR count). The van der Waals surface area contributed by atoms with Crippen molar-refractivity contribution in [3.05, 3.63) is 51.9 Å². The van der Waals surface area contributed by atoms with Crippen molar-refractivity contribution in [3.63, 3.8) is 0 Å². The van der Waals surface area contributed by atoms with Crippen molar-refractivity contribution in [2.75, 3.05) is 0 Å². The summed E-state index contributed by atoms with van der Waals surface area (Å²) in [5.41, 5.74) is 0.493. The van der Waals surface area contributed by atoms with Crippen LogP contribution in [0.5, 0.6) is 5.75 Å². The molecule has 4 nitrogen and oxygen atoms in total. The second kappa shape index (κ2) is 4.20. The number of hydrogen-bond acceptors (Lipinski definition) is 4. The Hall–Kier alpha value is -2.62. The minimum Gasteiger partial charge on any atom is -0.507 e. The summed E-state index contributed by atoms with van der Waals surface area (Å²) in [6.07, 6.45) is 0. The second-order valence-electron chi connectivity index (χ2n) is 4.77. The number of carbonyl (C=O) groups is 1. The summed E-state index contributed by atoms with van der Waals surface area (Å²) in [6, 6.07) is 8.62. The first-order valence-corrected chi connectivity index (χ1v) is 6.19. The molecule has 1 heterocycles. The van der Waals surface area contributed by atoms with Crippen LogP contribution in [0.1, 0.15) is 22.8 Å². The van der Waals surface area contributed by atoms with E-state index in [1.54, 1.807) is 31.2 Å². The number of ketones is 1. The summed E-state index contributed by atoms with van der Waals surface area (Å²) in [5.74, 6) is -0.369. The Kier molecular flexibility index (Phi) is 2.61. The molecule has 1 aromatic heterocycles. The number of phenols is 1. The minimum absolute atomic E-state index is 0.136. The lowest BCUT2D eigenvalue weighted by molar-refractivity contribution is 0.101. The molecule has 0 saturated heterocycles. The molecule has 4 heteroatoms. The highest BCUT2D eigenvalue weighted by Gasteiger charge is 2.17. The molecule has 0 fully saturated rings. The van der Waals surface area contributed by atoms with Gasteiger partial charge >= 0.3 is 5.63 Å². The largest absolute Gasteiger partial charge is 0.507 e.